The smallest absolute Gasteiger partial charge is 0.223 e. The van der Waals surface area contributed by atoms with Crippen LogP contribution >= 0.6 is 23.7 Å². The number of rotatable bonds is 5. The van der Waals surface area contributed by atoms with E-state index in [1.165, 1.54) is 12.1 Å². The maximum atomic E-state index is 13.3. The van der Waals surface area contributed by atoms with Gasteiger partial charge in [-0.25, -0.2) is 9.37 Å². The largest absolute Gasteiger partial charge is 0.370 e. The van der Waals surface area contributed by atoms with E-state index in [4.69, 9.17) is 10.7 Å². The first-order chi connectivity index (χ1) is 13.7. The molecule has 3 aromatic rings. The van der Waals surface area contributed by atoms with Crippen LogP contribution in [-0.2, 0) is 4.79 Å². The van der Waals surface area contributed by atoms with E-state index in [1.807, 2.05) is 11.4 Å². The Kier molecular flexibility index (Phi) is 7.05. The van der Waals surface area contributed by atoms with Gasteiger partial charge < -0.3 is 16.0 Å². The number of carbonyl (C=O) groups is 1. The lowest BCUT2D eigenvalue weighted by Gasteiger charge is -2.33. The Labute approximate surface area is 179 Å². The van der Waals surface area contributed by atoms with E-state index >= 15 is 0 Å². The summed E-state index contributed by atoms with van der Waals surface area (Å²) in [4.78, 5) is 19.3. The number of aromatic nitrogens is 1. The van der Waals surface area contributed by atoms with Gasteiger partial charge in [0.15, 0.2) is 0 Å². The van der Waals surface area contributed by atoms with Crippen LogP contribution in [-0.4, -0.2) is 37.1 Å². The number of piperidine rings is 1. The predicted molar refractivity (Wildman–Crippen MR) is 119 cm³/mol. The van der Waals surface area contributed by atoms with E-state index in [2.05, 4.69) is 16.3 Å². The van der Waals surface area contributed by atoms with E-state index in [-0.39, 0.29) is 30.0 Å². The number of hydrogen-bond acceptors (Lipinski definition) is 5. The third-order valence-corrected chi connectivity index (χ3v) is 6.11. The Hall–Kier alpha value is -2.22. The quantitative estimate of drug-likeness (QED) is 0.640. The van der Waals surface area contributed by atoms with Crippen LogP contribution in [0, 0.1) is 11.7 Å². The lowest BCUT2D eigenvalue weighted by molar-refractivity contribution is -0.125. The molecule has 3 N–H and O–H groups in total. The third-order valence-electron chi connectivity index (χ3n) is 5.18. The van der Waals surface area contributed by atoms with Crippen molar-refractivity contribution < 1.29 is 9.18 Å². The van der Waals surface area contributed by atoms with E-state index in [0.717, 1.165) is 53.1 Å². The number of nitrogens with two attached hydrogens (primary N) is 1. The van der Waals surface area contributed by atoms with Crippen LogP contribution in [0.1, 0.15) is 12.8 Å². The summed E-state index contributed by atoms with van der Waals surface area (Å²) >= 11 is 1.67. The minimum absolute atomic E-state index is 0. The van der Waals surface area contributed by atoms with Crippen molar-refractivity contribution in [3.63, 3.8) is 0 Å². The number of halogens is 2. The fourth-order valence-electron chi connectivity index (χ4n) is 3.67. The molecule has 0 unspecified atom stereocenters. The first kappa shape index (κ1) is 21.5. The maximum absolute atomic E-state index is 13.3. The number of nitrogens with zero attached hydrogens (tertiary/aromatic N) is 2. The van der Waals surface area contributed by atoms with Crippen LogP contribution in [0.3, 0.4) is 0 Å². The maximum Gasteiger partial charge on any atom is 0.223 e. The van der Waals surface area contributed by atoms with Crippen LogP contribution in [0.15, 0.2) is 41.8 Å². The Morgan fingerprint density at radius 2 is 1.97 bits per heavy atom. The van der Waals surface area contributed by atoms with Crippen LogP contribution in [0.2, 0.25) is 0 Å². The molecule has 29 heavy (non-hydrogen) atoms. The van der Waals surface area contributed by atoms with E-state index in [0.29, 0.717) is 13.1 Å². The lowest BCUT2D eigenvalue weighted by Crippen LogP contribution is -2.41. The van der Waals surface area contributed by atoms with Gasteiger partial charge in [0.25, 0.3) is 0 Å². The van der Waals surface area contributed by atoms with Gasteiger partial charge in [0.2, 0.25) is 5.91 Å². The monoisotopic (exact) mass is 434 g/mol. The van der Waals surface area contributed by atoms with Gasteiger partial charge >= 0.3 is 0 Å². The average molecular weight is 435 g/mol. The van der Waals surface area contributed by atoms with Crippen molar-refractivity contribution in [3.05, 3.63) is 47.6 Å². The predicted octanol–water partition coefficient (Wildman–Crippen LogP) is 3.82. The topological polar surface area (TPSA) is 71.2 Å². The molecule has 3 heterocycles. The molecule has 1 aromatic carbocycles. The van der Waals surface area contributed by atoms with Gasteiger partial charge in [-0.05, 0) is 54.6 Å². The molecule has 0 spiro atoms. The number of benzene rings is 1. The van der Waals surface area contributed by atoms with E-state index in [9.17, 15) is 9.18 Å². The highest BCUT2D eigenvalue weighted by atomic mass is 35.5. The van der Waals surface area contributed by atoms with Crippen LogP contribution < -0.4 is 16.0 Å². The Morgan fingerprint density at radius 1 is 1.24 bits per heavy atom. The first-order valence-electron chi connectivity index (χ1n) is 9.52. The number of hydrogen-bond donors (Lipinski definition) is 2. The van der Waals surface area contributed by atoms with Crippen LogP contribution in [0.25, 0.3) is 21.5 Å². The van der Waals surface area contributed by atoms with Crippen molar-refractivity contribution in [1.82, 2.24) is 10.3 Å². The van der Waals surface area contributed by atoms with Crippen molar-refractivity contribution in [3.8, 4) is 11.3 Å². The third kappa shape index (κ3) is 4.69. The van der Waals surface area contributed by atoms with Crippen LogP contribution in [0.4, 0.5) is 10.1 Å². The van der Waals surface area contributed by atoms with Gasteiger partial charge in [-0.1, -0.05) is 0 Å². The zero-order chi connectivity index (χ0) is 19.5. The number of pyridine rings is 1. The molecule has 2 aromatic heterocycles. The molecule has 5 nitrogen and oxygen atoms in total. The molecule has 154 valence electrons. The lowest BCUT2D eigenvalue weighted by atomic mass is 9.95. The number of thiophene rings is 1. The molecular weight excluding hydrogens is 411 g/mol. The number of fused-ring (bicyclic) bond motifs is 1. The van der Waals surface area contributed by atoms with Gasteiger partial charge in [-0.2, -0.15) is 0 Å². The molecule has 0 radical (unpaired) electrons. The fourth-order valence-corrected chi connectivity index (χ4v) is 4.54. The van der Waals surface area contributed by atoms with Crippen molar-refractivity contribution in [1.29, 1.82) is 0 Å². The minimum atomic E-state index is -0.254. The molecule has 0 atom stereocenters. The van der Waals surface area contributed by atoms with Gasteiger partial charge in [0.1, 0.15) is 5.82 Å². The normalized spacial score (nSPS) is 14.6. The molecule has 1 fully saturated rings. The molecule has 8 heteroatoms. The molecule has 0 aliphatic carbocycles. The zero-order valence-electron chi connectivity index (χ0n) is 15.9. The second-order valence-electron chi connectivity index (χ2n) is 7.01. The highest BCUT2D eigenvalue weighted by Gasteiger charge is 2.26. The van der Waals surface area contributed by atoms with Crippen LogP contribution in [0.5, 0.6) is 0 Å². The SMILES string of the molecule is Cl.NCCNC(=O)C1CCN(c2cc(-c3ccc(F)cc3)nc3ccsc23)CC1. The van der Waals surface area contributed by atoms with Gasteiger partial charge in [0.05, 0.1) is 21.6 Å². The molecule has 1 saturated heterocycles. The molecule has 0 bridgehead atoms. The summed E-state index contributed by atoms with van der Waals surface area (Å²) < 4.78 is 14.4. The molecule has 0 saturated carbocycles. The number of anilines is 1. The summed E-state index contributed by atoms with van der Waals surface area (Å²) in [6.45, 7) is 2.63. The highest BCUT2D eigenvalue weighted by Crippen LogP contribution is 2.36. The summed E-state index contributed by atoms with van der Waals surface area (Å²) in [5, 5.41) is 4.94. The average Bonchev–Trinajstić information content (AvgIpc) is 3.20. The summed E-state index contributed by atoms with van der Waals surface area (Å²) in [5.74, 6) is -0.108. The van der Waals surface area contributed by atoms with Crippen molar-refractivity contribution in [2.45, 2.75) is 12.8 Å². The molecule has 1 aliphatic heterocycles. The first-order valence-corrected chi connectivity index (χ1v) is 10.4. The summed E-state index contributed by atoms with van der Waals surface area (Å²) in [5.41, 5.74) is 9.29. The summed E-state index contributed by atoms with van der Waals surface area (Å²) in [6.07, 6.45) is 1.63. The molecule has 1 aliphatic rings. The Morgan fingerprint density at radius 3 is 2.66 bits per heavy atom. The molecule has 4 rings (SSSR count). The van der Waals surface area contributed by atoms with Crippen molar-refractivity contribution in [2.24, 2.45) is 11.7 Å². The molecule has 1 amide bonds. The van der Waals surface area contributed by atoms with E-state index in [1.54, 1.807) is 23.5 Å². The van der Waals surface area contributed by atoms with Gasteiger partial charge in [-0.15, -0.1) is 23.7 Å². The van der Waals surface area contributed by atoms with E-state index < -0.39 is 0 Å². The van der Waals surface area contributed by atoms with Gasteiger partial charge in [-0.3, -0.25) is 4.79 Å². The standard InChI is InChI=1S/C21H23FN4OS.ClH/c22-16-3-1-14(2-4-16)18-13-19(20-17(25-18)7-12-28-20)26-10-5-15(6-11-26)21(27)24-9-8-23;/h1-4,7,12-13,15H,5-6,8-11,23H2,(H,24,27);1H. The second kappa shape index (κ2) is 9.52. The zero-order valence-corrected chi connectivity index (χ0v) is 17.6. The summed E-state index contributed by atoms with van der Waals surface area (Å²) in [6, 6.07) is 10.5. The Balaban J connectivity index is 0.00000240. The second-order valence-corrected chi connectivity index (χ2v) is 7.93. The Bertz CT molecular complexity index is 970. The molecular formula is C21H24ClFN4OS. The summed E-state index contributed by atoms with van der Waals surface area (Å²) in [7, 11) is 0. The minimum Gasteiger partial charge on any atom is -0.370 e. The van der Waals surface area contributed by atoms with Gasteiger partial charge in [0, 0.05) is 37.7 Å². The number of amides is 1. The number of nitrogens with one attached hydrogen (secondary N) is 1. The van der Waals surface area contributed by atoms with Crippen molar-refractivity contribution in [2.75, 3.05) is 31.1 Å². The number of carbonyl (C=O) groups excluding carboxylic acids is 1. The van der Waals surface area contributed by atoms with Crippen molar-refractivity contribution >= 4 is 45.6 Å². The highest BCUT2D eigenvalue weighted by molar-refractivity contribution is 7.17. The fraction of sp³-hybridized carbons (Fsp3) is 0.333.